The van der Waals surface area contributed by atoms with Gasteiger partial charge in [0, 0.05) is 29.7 Å². The lowest BCUT2D eigenvalue weighted by Crippen LogP contribution is -2.52. The van der Waals surface area contributed by atoms with Crippen molar-refractivity contribution in [3.8, 4) is 16.9 Å². The van der Waals surface area contributed by atoms with Crippen molar-refractivity contribution in [3.63, 3.8) is 0 Å². The number of carbonyl (C=O) groups excluding carboxylic acids is 2. The van der Waals surface area contributed by atoms with E-state index < -0.39 is 5.41 Å². The van der Waals surface area contributed by atoms with E-state index in [1.165, 1.54) is 31.2 Å². The number of hydrogen-bond acceptors (Lipinski definition) is 7. The Hall–Kier alpha value is -4.72. The summed E-state index contributed by atoms with van der Waals surface area (Å²) in [5.74, 6) is 1.26. The minimum Gasteiger partial charge on any atom is -0.508 e. The number of piperidine rings is 1. The number of phenols is 1. The van der Waals surface area contributed by atoms with Crippen LogP contribution in [0.1, 0.15) is 102 Å². The molecule has 2 bridgehead atoms. The van der Waals surface area contributed by atoms with Crippen LogP contribution in [-0.2, 0) is 25.5 Å². The quantitative estimate of drug-likeness (QED) is 0.110. The fourth-order valence-electron chi connectivity index (χ4n) is 12.3. The van der Waals surface area contributed by atoms with Crippen molar-refractivity contribution in [2.75, 3.05) is 13.2 Å². The van der Waals surface area contributed by atoms with E-state index in [2.05, 4.69) is 67.7 Å². The zero-order valence-electron chi connectivity index (χ0n) is 35.3. The Bertz CT molecular complexity index is 2220. The molecule has 3 aliphatic heterocycles. The Kier molecular flexibility index (Phi) is 11.8. The molecular weight excluding hydrogens is 747 g/mol. The molecule has 3 N–H and O–H groups in total. The van der Waals surface area contributed by atoms with Crippen LogP contribution in [-0.4, -0.2) is 41.3 Å². The third kappa shape index (κ3) is 7.30. The highest BCUT2D eigenvalue weighted by Gasteiger charge is 2.68. The second-order valence-electron chi connectivity index (χ2n) is 18.4. The van der Waals surface area contributed by atoms with Crippen molar-refractivity contribution >= 4 is 17.5 Å². The third-order valence-electron chi connectivity index (χ3n) is 15.2. The first kappa shape index (κ1) is 40.7. The Labute approximate surface area is 355 Å². The van der Waals surface area contributed by atoms with E-state index in [-0.39, 0.29) is 53.9 Å². The van der Waals surface area contributed by atoms with Crippen LogP contribution in [0.15, 0.2) is 119 Å². The van der Waals surface area contributed by atoms with Crippen molar-refractivity contribution in [2.24, 2.45) is 40.9 Å². The highest BCUT2D eigenvalue weighted by Crippen LogP contribution is 2.72. The van der Waals surface area contributed by atoms with Gasteiger partial charge in [0.2, 0.25) is 0 Å². The van der Waals surface area contributed by atoms with Gasteiger partial charge in [-0.05, 0) is 152 Å². The number of unbranched alkanes of at least 4 members (excludes halogenated alkanes) is 2. The molecule has 7 heteroatoms. The molecule has 1 saturated carbocycles. The summed E-state index contributed by atoms with van der Waals surface area (Å²) in [5.41, 5.74) is 6.55. The number of fused-ring (bicyclic) bond motifs is 1. The molecule has 7 aliphatic rings. The SMILES string of the molecule is CCCCC[C@H]1C[C@H]([C@H](CO)CC=C2OC(=O)C3=C2CC[C@H]2[C@@H]4CC[C@]5(C(=C[C@H](CC)Cc6ccccc6)OC(=O)C5=C4c4cc(O)ccc4-c4ccccc4)[C@H]32)CCN1. The van der Waals surface area contributed by atoms with Gasteiger partial charge in [0.25, 0.3) is 0 Å². The number of ether oxygens (including phenoxy) is 2. The average molecular weight is 808 g/mol. The van der Waals surface area contributed by atoms with Gasteiger partial charge < -0.3 is 25.0 Å². The highest BCUT2D eigenvalue weighted by atomic mass is 16.5. The van der Waals surface area contributed by atoms with Gasteiger partial charge in [-0.2, -0.15) is 0 Å². The van der Waals surface area contributed by atoms with E-state index in [0.717, 1.165) is 78.5 Å². The highest BCUT2D eigenvalue weighted by molar-refractivity contribution is 6.07. The van der Waals surface area contributed by atoms with Crippen LogP contribution >= 0.6 is 0 Å². The third-order valence-corrected chi connectivity index (χ3v) is 15.2. The van der Waals surface area contributed by atoms with Gasteiger partial charge in [-0.15, -0.1) is 0 Å². The van der Waals surface area contributed by atoms with E-state index in [1.54, 1.807) is 6.07 Å². The van der Waals surface area contributed by atoms with Gasteiger partial charge in [0.05, 0.1) is 11.0 Å². The number of nitrogens with one attached hydrogen (secondary N) is 1. The van der Waals surface area contributed by atoms with Crippen molar-refractivity contribution in [2.45, 2.75) is 103 Å². The molecule has 3 aromatic rings. The van der Waals surface area contributed by atoms with Gasteiger partial charge in [0.1, 0.15) is 17.3 Å². The molecule has 10 rings (SSSR count). The lowest BCUT2D eigenvalue weighted by molar-refractivity contribution is -0.135. The maximum absolute atomic E-state index is 14.8. The normalized spacial score (nSPS) is 29.4. The molecule has 4 aliphatic carbocycles. The van der Waals surface area contributed by atoms with Crippen LogP contribution in [0.2, 0.25) is 0 Å². The molecule has 3 fully saturated rings. The van der Waals surface area contributed by atoms with Gasteiger partial charge in [0.15, 0.2) is 0 Å². The minimum atomic E-state index is -0.847. The van der Waals surface area contributed by atoms with Crippen molar-refractivity contribution in [1.29, 1.82) is 0 Å². The summed E-state index contributed by atoms with van der Waals surface area (Å²) in [4.78, 5) is 29.3. The van der Waals surface area contributed by atoms with Gasteiger partial charge in [-0.25, -0.2) is 9.59 Å². The van der Waals surface area contributed by atoms with Crippen molar-refractivity contribution < 1.29 is 29.3 Å². The molecule has 3 aromatic carbocycles. The molecule has 60 heavy (non-hydrogen) atoms. The molecule has 0 radical (unpaired) electrons. The summed E-state index contributed by atoms with van der Waals surface area (Å²) in [5, 5.41) is 25.5. The summed E-state index contributed by atoms with van der Waals surface area (Å²) in [6.45, 7) is 5.51. The smallest absolute Gasteiger partial charge is 0.340 e. The van der Waals surface area contributed by atoms with Gasteiger partial charge in [-0.3, -0.25) is 0 Å². The molecule has 1 spiro atoms. The van der Waals surface area contributed by atoms with Gasteiger partial charge in [-0.1, -0.05) is 99.8 Å². The number of cyclic esters (lactones) is 2. The second kappa shape index (κ2) is 17.3. The Morgan fingerprint density at radius 1 is 0.900 bits per heavy atom. The van der Waals surface area contributed by atoms with E-state index in [1.807, 2.05) is 36.4 Å². The van der Waals surface area contributed by atoms with E-state index in [0.29, 0.717) is 48.3 Å². The first-order valence-electron chi connectivity index (χ1n) is 23.0. The summed E-state index contributed by atoms with van der Waals surface area (Å²) in [6.07, 6.45) is 16.7. The zero-order chi connectivity index (χ0) is 41.4. The first-order chi connectivity index (χ1) is 29.3. The summed E-state index contributed by atoms with van der Waals surface area (Å²) in [7, 11) is 0. The number of esters is 2. The molecule has 2 saturated heterocycles. The number of carbonyl (C=O) groups is 2. The molecule has 8 atom stereocenters. The first-order valence-corrected chi connectivity index (χ1v) is 23.0. The number of phenolic OH excluding ortho intramolecular Hbond substituents is 1. The van der Waals surface area contributed by atoms with E-state index in [9.17, 15) is 19.8 Å². The number of aliphatic hydroxyl groups excluding tert-OH is 1. The summed E-state index contributed by atoms with van der Waals surface area (Å²) in [6, 6.07) is 26.7. The molecule has 7 nitrogen and oxygen atoms in total. The largest absolute Gasteiger partial charge is 0.508 e. The van der Waals surface area contributed by atoms with Crippen LogP contribution in [0.3, 0.4) is 0 Å². The molecular formula is C53H61NO6. The Balaban J connectivity index is 1.14. The maximum Gasteiger partial charge on any atom is 0.340 e. The standard InChI is InChI=1S/C53H61NO6/c1-3-5-8-17-38-30-36(25-27-54-38)37(32-55)18-23-45-43-22-21-42-41-24-26-53(49(42)48(43)51(57)59-45)46(29-33(4-2)28-34-13-9-6-10-14-34)60-52(58)50(53)47(41)44-31-39(56)19-20-40(44)35-15-11-7-12-16-35/h6-7,9-16,19-20,23,29,31,33,36-38,41-42,49,54-56H,3-5,8,17-18,21-22,24-28,30,32H2,1-2H3/t33-,36-,37+,38+,41+,42+,49+,53+/m1/s1. The van der Waals surface area contributed by atoms with E-state index in [4.69, 9.17) is 9.47 Å². The van der Waals surface area contributed by atoms with Crippen LogP contribution < -0.4 is 5.32 Å². The second-order valence-corrected chi connectivity index (χ2v) is 18.4. The predicted molar refractivity (Wildman–Crippen MR) is 235 cm³/mol. The number of benzene rings is 3. The predicted octanol–water partition coefficient (Wildman–Crippen LogP) is 10.6. The number of allylic oxidation sites excluding steroid dienone is 5. The molecule has 0 unspecified atom stereocenters. The Morgan fingerprint density at radius 3 is 2.47 bits per heavy atom. The molecule has 3 heterocycles. The molecule has 0 amide bonds. The number of aromatic hydroxyl groups is 1. The zero-order valence-corrected chi connectivity index (χ0v) is 35.3. The van der Waals surface area contributed by atoms with E-state index >= 15 is 0 Å². The Morgan fingerprint density at radius 2 is 1.70 bits per heavy atom. The average Bonchev–Trinajstić information content (AvgIpc) is 3.76. The lowest BCUT2D eigenvalue weighted by Gasteiger charge is -2.56. The molecule has 0 aromatic heterocycles. The summed E-state index contributed by atoms with van der Waals surface area (Å²) < 4.78 is 12.9. The van der Waals surface area contributed by atoms with Gasteiger partial charge >= 0.3 is 11.9 Å². The monoisotopic (exact) mass is 807 g/mol. The fraction of sp³-hybridized carbons (Fsp3) is 0.472. The molecule has 314 valence electrons. The topological polar surface area (TPSA) is 105 Å². The lowest BCUT2D eigenvalue weighted by atomic mass is 9.44. The maximum atomic E-state index is 14.8. The van der Waals surface area contributed by atoms with Crippen molar-refractivity contribution in [1.82, 2.24) is 5.32 Å². The number of rotatable bonds is 14. The van der Waals surface area contributed by atoms with Crippen LogP contribution in [0.5, 0.6) is 5.75 Å². The van der Waals surface area contributed by atoms with Crippen molar-refractivity contribution in [3.05, 3.63) is 130 Å². The minimum absolute atomic E-state index is 0.00633. The number of hydrogen-bond donors (Lipinski definition) is 3. The van der Waals surface area contributed by atoms with Crippen LogP contribution in [0, 0.1) is 40.9 Å². The van der Waals surface area contributed by atoms with Crippen LogP contribution in [0.25, 0.3) is 16.7 Å². The fourth-order valence-corrected chi connectivity index (χ4v) is 12.3. The number of aliphatic hydroxyl groups is 1. The van der Waals surface area contributed by atoms with Crippen LogP contribution in [0.4, 0.5) is 0 Å². The summed E-state index contributed by atoms with van der Waals surface area (Å²) >= 11 is 0.